The highest BCUT2D eigenvalue weighted by Gasteiger charge is 2.11. The van der Waals surface area contributed by atoms with Gasteiger partial charge in [0.2, 0.25) is 0 Å². The summed E-state index contributed by atoms with van der Waals surface area (Å²) in [7, 11) is 3.27. The van der Waals surface area contributed by atoms with E-state index in [-0.39, 0.29) is 12.1 Å². The van der Waals surface area contributed by atoms with Crippen molar-refractivity contribution in [1.29, 1.82) is 0 Å². The lowest BCUT2D eigenvalue weighted by atomic mass is 10.2. The highest BCUT2D eigenvalue weighted by Crippen LogP contribution is 2.34. The minimum Gasteiger partial charge on any atom is -0.493 e. The van der Waals surface area contributed by atoms with E-state index in [2.05, 4.69) is 16.0 Å². The lowest BCUT2D eigenvalue weighted by Crippen LogP contribution is -2.37. The predicted octanol–water partition coefficient (Wildman–Crippen LogP) is 5.25. The van der Waals surface area contributed by atoms with Gasteiger partial charge in [0, 0.05) is 43.7 Å². The van der Waals surface area contributed by atoms with E-state index in [1.165, 1.54) is 0 Å². The van der Waals surface area contributed by atoms with Crippen LogP contribution in [0.2, 0.25) is 0 Å². The van der Waals surface area contributed by atoms with Crippen molar-refractivity contribution in [2.24, 2.45) is 0 Å². The van der Waals surface area contributed by atoms with E-state index in [1.54, 1.807) is 32.4 Å². The van der Waals surface area contributed by atoms with Crippen molar-refractivity contribution >= 4 is 17.4 Å². The fourth-order valence-corrected chi connectivity index (χ4v) is 2.89. The largest absolute Gasteiger partial charge is 0.493 e. The summed E-state index contributed by atoms with van der Waals surface area (Å²) in [4.78, 5) is 12.2. The Morgan fingerprint density at radius 3 is 2.30 bits per heavy atom. The molecule has 3 N–H and O–H groups in total. The summed E-state index contributed by atoms with van der Waals surface area (Å²) < 4.78 is 16.4. The number of nitrogens with one attached hydrogen (secondary N) is 3. The van der Waals surface area contributed by atoms with Crippen LogP contribution in [-0.4, -0.2) is 39.4 Å². The molecule has 0 bridgehead atoms. The third kappa shape index (κ3) is 7.48. The summed E-state index contributed by atoms with van der Waals surface area (Å²) in [6.45, 7) is 5.68. The summed E-state index contributed by atoms with van der Waals surface area (Å²) in [5.41, 5.74) is 1.66. The third-order valence-electron chi connectivity index (χ3n) is 4.68. The first kappa shape index (κ1) is 23.3. The van der Waals surface area contributed by atoms with Gasteiger partial charge >= 0.3 is 6.03 Å². The predicted molar refractivity (Wildman–Crippen MR) is 121 cm³/mol. The number of amides is 2. The SMILES string of the molecule is CCC(CC)NC(=O)Nc1ccc(Oc2ccc(NCCCOC)cc2)c(OC)c1. The van der Waals surface area contributed by atoms with Gasteiger partial charge in [-0.05, 0) is 55.7 Å². The normalized spacial score (nSPS) is 10.6. The molecule has 0 saturated carbocycles. The minimum atomic E-state index is -0.229. The van der Waals surface area contributed by atoms with E-state index in [9.17, 15) is 4.79 Å². The maximum Gasteiger partial charge on any atom is 0.319 e. The molecule has 2 rings (SSSR count). The van der Waals surface area contributed by atoms with Crippen LogP contribution in [-0.2, 0) is 4.74 Å². The average Bonchev–Trinajstić information content (AvgIpc) is 2.77. The highest BCUT2D eigenvalue weighted by atomic mass is 16.5. The molecule has 7 nitrogen and oxygen atoms in total. The molecule has 0 radical (unpaired) electrons. The molecule has 0 heterocycles. The van der Waals surface area contributed by atoms with Crippen LogP contribution >= 0.6 is 0 Å². The maximum atomic E-state index is 12.2. The molecule has 7 heteroatoms. The number of methoxy groups -OCH3 is 2. The minimum absolute atomic E-state index is 0.159. The van der Waals surface area contributed by atoms with Gasteiger partial charge in [-0.15, -0.1) is 0 Å². The summed E-state index contributed by atoms with van der Waals surface area (Å²) in [5.74, 6) is 1.81. The number of carbonyl (C=O) groups excluding carboxylic acids is 1. The van der Waals surface area contributed by atoms with Gasteiger partial charge < -0.3 is 30.2 Å². The summed E-state index contributed by atoms with van der Waals surface area (Å²) in [5, 5.41) is 9.12. The van der Waals surface area contributed by atoms with Crippen LogP contribution in [0.25, 0.3) is 0 Å². The van der Waals surface area contributed by atoms with Crippen molar-refractivity contribution in [1.82, 2.24) is 5.32 Å². The molecular formula is C23H33N3O4. The van der Waals surface area contributed by atoms with Crippen LogP contribution in [0.3, 0.4) is 0 Å². The van der Waals surface area contributed by atoms with Gasteiger partial charge in [-0.2, -0.15) is 0 Å². The molecular weight excluding hydrogens is 382 g/mol. The Morgan fingerprint density at radius 2 is 1.67 bits per heavy atom. The zero-order chi connectivity index (χ0) is 21.8. The quantitative estimate of drug-likeness (QED) is 0.413. The van der Waals surface area contributed by atoms with E-state index < -0.39 is 0 Å². The number of benzene rings is 2. The smallest absolute Gasteiger partial charge is 0.319 e. The standard InChI is InChI=1S/C23H33N3O4/c1-5-17(6-2)25-23(27)26-19-10-13-21(22(16-19)29-4)30-20-11-8-18(9-12-20)24-14-7-15-28-3/h8-13,16-17,24H,5-7,14-15H2,1-4H3,(H2,25,26,27). The van der Waals surface area contributed by atoms with Crippen molar-refractivity contribution in [3.8, 4) is 17.2 Å². The molecule has 0 aliphatic heterocycles. The van der Waals surface area contributed by atoms with E-state index >= 15 is 0 Å². The van der Waals surface area contributed by atoms with Crippen LogP contribution in [0.4, 0.5) is 16.2 Å². The van der Waals surface area contributed by atoms with Gasteiger partial charge in [-0.3, -0.25) is 0 Å². The van der Waals surface area contributed by atoms with Crippen LogP contribution < -0.4 is 25.4 Å². The number of hydrogen-bond donors (Lipinski definition) is 3. The lowest BCUT2D eigenvalue weighted by molar-refractivity contribution is 0.198. The third-order valence-corrected chi connectivity index (χ3v) is 4.68. The average molecular weight is 416 g/mol. The molecule has 0 aromatic heterocycles. The topological polar surface area (TPSA) is 80.9 Å². The van der Waals surface area contributed by atoms with Crippen LogP contribution in [0.5, 0.6) is 17.2 Å². The molecule has 0 unspecified atom stereocenters. The first-order chi connectivity index (χ1) is 14.6. The second-order valence-electron chi connectivity index (χ2n) is 6.88. The maximum absolute atomic E-state index is 12.2. The van der Waals surface area contributed by atoms with Crippen molar-refractivity contribution in [2.75, 3.05) is 38.0 Å². The van der Waals surface area contributed by atoms with Crippen LogP contribution in [0.15, 0.2) is 42.5 Å². The molecule has 0 fully saturated rings. The Kier molecular flexibility index (Phi) is 9.80. The molecule has 2 amide bonds. The molecule has 164 valence electrons. The van der Waals surface area contributed by atoms with E-state index in [0.29, 0.717) is 22.9 Å². The van der Waals surface area contributed by atoms with Gasteiger partial charge in [0.15, 0.2) is 11.5 Å². The second kappa shape index (κ2) is 12.6. The molecule has 0 aliphatic carbocycles. The van der Waals surface area contributed by atoms with E-state index in [4.69, 9.17) is 14.2 Å². The fraction of sp³-hybridized carbons (Fsp3) is 0.435. The number of rotatable bonds is 12. The van der Waals surface area contributed by atoms with Crippen LogP contribution in [0.1, 0.15) is 33.1 Å². The number of anilines is 2. The zero-order valence-electron chi connectivity index (χ0n) is 18.3. The molecule has 0 aliphatic rings. The van der Waals surface area contributed by atoms with E-state index in [0.717, 1.165) is 38.1 Å². The molecule has 30 heavy (non-hydrogen) atoms. The van der Waals surface area contributed by atoms with Crippen LogP contribution in [0, 0.1) is 0 Å². The first-order valence-electron chi connectivity index (χ1n) is 10.4. The molecule has 2 aromatic rings. The molecule has 0 saturated heterocycles. The monoisotopic (exact) mass is 415 g/mol. The van der Waals surface area contributed by atoms with Crippen molar-refractivity contribution in [3.63, 3.8) is 0 Å². The number of ether oxygens (including phenoxy) is 3. The zero-order valence-corrected chi connectivity index (χ0v) is 18.3. The Balaban J connectivity index is 1.97. The Morgan fingerprint density at radius 1 is 0.967 bits per heavy atom. The van der Waals surface area contributed by atoms with E-state index in [1.807, 2.05) is 38.1 Å². The van der Waals surface area contributed by atoms with Crippen molar-refractivity contribution in [3.05, 3.63) is 42.5 Å². The Labute approximate surface area is 179 Å². The van der Waals surface area contributed by atoms with Gasteiger partial charge in [-0.25, -0.2) is 4.79 Å². The number of urea groups is 1. The summed E-state index contributed by atoms with van der Waals surface area (Å²) in [6, 6.07) is 13.0. The first-order valence-corrected chi connectivity index (χ1v) is 10.4. The molecule has 2 aromatic carbocycles. The van der Waals surface area contributed by atoms with Crippen molar-refractivity contribution in [2.45, 2.75) is 39.2 Å². The summed E-state index contributed by atoms with van der Waals surface area (Å²) >= 11 is 0. The van der Waals surface area contributed by atoms with Crippen molar-refractivity contribution < 1.29 is 19.0 Å². The molecule has 0 spiro atoms. The molecule has 0 atom stereocenters. The second-order valence-corrected chi connectivity index (χ2v) is 6.88. The summed E-state index contributed by atoms with van der Waals surface area (Å²) in [6.07, 6.45) is 2.73. The van der Waals surface area contributed by atoms with Gasteiger partial charge in [0.1, 0.15) is 5.75 Å². The number of hydrogen-bond acceptors (Lipinski definition) is 5. The van der Waals surface area contributed by atoms with Gasteiger partial charge in [0.25, 0.3) is 0 Å². The Hall–Kier alpha value is -2.93. The van der Waals surface area contributed by atoms with Gasteiger partial charge in [-0.1, -0.05) is 13.8 Å². The Bertz CT molecular complexity index is 777. The fourth-order valence-electron chi connectivity index (χ4n) is 2.89. The van der Waals surface area contributed by atoms with Gasteiger partial charge in [0.05, 0.1) is 7.11 Å². The highest BCUT2D eigenvalue weighted by molar-refractivity contribution is 5.89. The lowest BCUT2D eigenvalue weighted by Gasteiger charge is -2.16. The number of carbonyl (C=O) groups is 1.